The summed E-state index contributed by atoms with van der Waals surface area (Å²) in [6, 6.07) is 20.6. The number of thiocarbonyl (C=S) groups is 1. The van der Waals surface area contributed by atoms with Gasteiger partial charge in [0.05, 0.1) is 25.7 Å². The van der Waals surface area contributed by atoms with E-state index in [0.29, 0.717) is 38.9 Å². The minimum atomic E-state index is -0.121. The Labute approximate surface area is 213 Å². The number of hydrogen-bond acceptors (Lipinski definition) is 6. The van der Waals surface area contributed by atoms with Crippen LogP contribution in [0.5, 0.6) is 17.2 Å². The first-order valence-corrected chi connectivity index (χ1v) is 12.0. The third-order valence-corrected chi connectivity index (χ3v) is 6.95. The van der Waals surface area contributed by atoms with Crippen molar-refractivity contribution in [3.8, 4) is 17.2 Å². The quantitative estimate of drug-likeness (QED) is 0.260. The van der Waals surface area contributed by atoms with Crippen LogP contribution in [0.15, 0.2) is 71.6 Å². The van der Waals surface area contributed by atoms with Crippen LogP contribution in [0.4, 0.5) is 0 Å². The van der Waals surface area contributed by atoms with Gasteiger partial charge in [-0.15, -0.1) is 0 Å². The minimum absolute atomic E-state index is 0.121. The third kappa shape index (κ3) is 5.55. The lowest BCUT2D eigenvalue weighted by atomic mass is 10.1. The molecule has 0 aromatic heterocycles. The molecule has 174 valence electrons. The molecule has 0 saturated carbocycles. The molecule has 0 aliphatic carbocycles. The van der Waals surface area contributed by atoms with Gasteiger partial charge in [-0.2, -0.15) is 0 Å². The number of methoxy groups -OCH3 is 2. The largest absolute Gasteiger partial charge is 0.497 e. The molecule has 1 aliphatic rings. The fraction of sp³-hybridized carbons (Fsp3) is 0.154. The summed E-state index contributed by atoms with van der Waals surface area (Å²) >= 11 is 13.0. The first kappa shape index (κ1) is 24.1. The Kier molecular flexibility index (Phi) is 7.77. The highest BCUT2D eigenvalue weighted by molar-refractivity contribution is 8.26. The summed E-state index contributed by atoms with van der Waals surface area (Å²) in [6.45, 7) is 0.726. The average molecular weight is 512 g/mol. The van der Waals surface area contributed by atoms with E-state index in [2.05, 4.69) is 0 Å². The summed E-state index contributed by atoms with van der Waals surface area (Å²) in [5.41, 5.74) is 2.67. The number of carbonyl (C=O) groups excluding carboxylic acids is 1. The van der Waals surface area contributed by atoms with Crippen molar-refractivity contribution >= 4 is 51.9 Å². The van der Waals surface area contributed by atoms with Crippen molar-refractivity contribution in [1.29, 1.82) is 0 Å². The van der Waals surface area contributed by atoms with E-state index >= 15 is 0 Å². The molecule has 4 rings (SSSR count). The van der Waals surface area contributed by atoms with Crippen LogP contribution in [0, 0.1) is 0 Å². The minimum Gasteiger partial charge on any atom is -0.497 e. The van der Waals surface area contributed by atoms with Gasteiger partial charge < -0.3 is 14.2 Å². The molecule has 1 amide bonds. The number of carbonyl (C=O) groups is 1. The van der Waals surface area contributed by atoms with Crippen LogP contribution in [0.25, 0.3) is 6.08 Å². The molecule has 3 aromatic rings. The van der Waals surface area contributed by atoms with Crippen LogP contribution in [-0.4, -0.2) is 29.3 Å². The Morgan fingerprint density at radius 1 is 1.00 bits per heavy atom. The van der Waals surface area contributed by atoms with Gasteiger partial charge in [-0.05, 0) is 47.5 Å². The van der Waals surface area contributed by atoms with Gasteiger partial charge in [0.25, 0.3) is 5.91 Å². The van der Waals surface area contributed by atoms with Crippen molar-refractivity contribution < 1.29 is 19.0 Å². The average Bonchev–Trinajstić information content (AvgIpc) is 3.11. The van der Waals surface area contributed by atoms with Crippen molar-refractivity contribution in [2.75, 3.05) is 14.2 Å². The number of nitrogens with zero attached hydrogens (tertiary/aromatic N) is 1. The lowest BCUT2D eigenvalue weighted by Crippen LogP contribution is -2.27. The maximum Gasteiger partial charge on any atom is 0.266 e. The molecule has 1 fully saturated rings. The van der Waals surface area contributed by atoms with Crippen LogP contribution in [0.3, 0.4) is 0 Å². The Morgan fingerprint density at radius 2 is 1.76 bits per heavy atom. The van der Waals surface area contributed by atoms with Gasteiger partial charge in [0.15, 0.2) is 11.5 Å². The molecule has 34 heavy (non-hydrogen) atoms. The third-order valence-electron chi connectivity index (χ3n) is 5.20. The summed E-state index contributed by atoms with van der Waals surface area (Å²) in [4.78, 5) is 15.2. The monoisotopic (exact) mass is 511 g/mol. The summed E-state index contributed by atoms with van der Waals surface area (Å²) in [7, 11) is 3.20. The highest BCUT2D eigenvalue weighted by atomic mass is 35.5. The molecule has 0 N–H and O–H groups in total. The first-order chi connectivity index (χ1) is 16.5. The van der Waals surface area contributed by atoms with Gasteiger partial charge in [-0.3, -0.25) is 9.69 Å². The van der Waals surface area contributed by atoms with Crippen LogP contribution in [0.1, 0.15) is 16.7 Å². The Morgan fingerprint density at radius 3 is 2.47 bits per heavy atom. The van der Waals surface area contributed by atoms with Crippen LogP contribution in [0.2, 0.25) is 5.02 Å². The molecule has 5 nitrogen and oxygen atoms in total. The zero-order valence-corrected chi connectivity index (χ0v) is 21.0. The molecule has 0 unspecified atom stereocenters. The normalized spacial score (nSPS) is 14.6. The number of hydrogen-bond donors (Lipinski definition) is 0. The summed E-state index contributed by atoms with van der Waals surface area (Å²) in [5.74, 6) is 1.80. The highest BCUT2D eigenvalue weighted by Crippen LogP contribution is 2.36. The van der Waals surface area contributed by atoms with Crippen LogP contribution in [-0.2, 0) is 17.9 Å². The van der Waals surface area contributed by atoms with Gasteiger partial charge in [-0.1, -0.05) is 72.0 Å². The Balaban J connectivity index is 1.47. The standard InChI is InChI=1S/C26H22ClNO4S2/c1-30-20-10-7-17(8-11-20)15-28-25(29)24(34-26(28)33)14-18-9-12-22(23(13-18)31-2)32-16-19-5-3-4-6-21(19)27/h3-14H,15-16H2,1-2H3/b24-14-. The number of rotatable bonds is 8. The van der Waals surface area contributed by atoms with Crippen molar-refractivity contribution in [2.45, 2.75) is 13.2 Å². The van der Waals surface area contributed by atoms with E-state index in [-0.39, 0.29) is 5.91 Å². The molecule has 1 aliphatic heterocycles. The van der Waals surface area contributed by atoms with Crippen molar-refractivity contribution in [1.82, 2.24) is 4.90 Å². The lowest BCUT2D eigenvalue weighted by molar-refractivity contribution is -0.122. The van der Waals surface area contributed by atoms with E-state index in [1.165, 1.54) is 11.8 Å². The second-order valence-electron chi connectivity index (χ2n) is 7.41. The maximum absolute atomic E-state index is 13.0. The highest BCUT2D eigenvalue weighted by Gasteiger charge is 2.32. The topological polar surface area (TPSA) is 48.0 Å². The summed E-state index contributed by atoms with van der Waals surface area (Å²) in [5, 5.41) is 0.648. The molecule has 0 radical (unpaired) electrons. The molecule has 0 atom stereocenters. The van der Waals surface area contributed by atoms with Crippen molar-refractivity contribution in [3.05, 3.63) is 93.3 Å². The summed E-state index contributed by atoms with van der Waals surface area (Å²) in [6.07, 6.45) is 1.81. The number of halogens is 1. The van der Waals surface area contributed by atoms with Crippen LogP contribution < -0.4 is 14.2 Å². The van der Waals surface area contributed by atoms with Gasteiger partial charge in [0.1, 0.15) is 16.7 Å². The smallest absolute Gasteiger partial charge is 0.266 e. The van der Waals surface area contributed by atoms with Crippen molar-refractivity contribution in [3.63, 3.8) is 0 Å². The number of benzene rings is 3. The lowest BCUT2D eigenvalue weighted by Gasteiger charge is -2.14. The number of amides is 1. The van der Waals surface area contributed by atoms with Gasteiger partial charge >= 0.3 is 0 Å². The molecular weight excluding hydrogens is 490 g/mol. The summed E-state index contributed by atoms with van der Waals surface area (Å²) < 4.78 is 17.1. The van der Waals surface area contributed by atoms with Gasteiger partial charge in [-0.25, -0.2) is 0 Å². The van der Waals surface area contributed by atoms with Crippen LogP contribution >= 0.6 is 35.6 Å². The Bertz CT molecular complexity index is 1240. The molecule has 3 aromatic carbocycles. The zero-order chi connectivity index (χ0) is 24.1. The van der Waals surface area contributed by atoms with Gasteiger partial charge in [0, 0.05) is 10.6 Å². The van der Waals surface area contributed by atoms with E-state index in [1.807, 2.05) is 72.8 Å². The fourth-order valence-corrected chi connectivity index (χ4v) is 4.81. The van der Waals surface area contributed by atoms with E-state index in [4.69, 9.17) is 38.0 Å². The molecule has 0 spiro atoms. The second kappa shape index (κ2) is 11.0. The predicted molar refractivity (Wildman–Crippen MR) is 140 cm³/mol. The fourth-order valence-electron chi connectivity index (χ4n) is 3.37. The second-order valence-corrected chi connectivity index (χ2v) is 9.49. The molecule has 0 bridgehead atoms. The van der Waals surface area contributed by atoms with E-state index in [9.17, 15) is 4.79 Å². The maximum atomic E-state index is 13.0. The van der Waals surface area contributed by atoms with E-state index < -0.39 is 0 Å². The number of thioether (sulfide) groups is 1. The van der Waals surface area contributed by atoms with Gasteiger partial charge in [0.2, 0.25) is 0 Å². The molecular formula is C26H22ClNO4S2. The number of ether oxygens (including phenoxy) is 3. The predicted octanol–water partition coefficient (Wildman–Crippen LogP) is 6.34. The van der Waals surface area contributed by atoms with E-state index in [0.717, 1.165) is 22.4 Å². The Hall–Kier alpha value is -3.00. The molecule has 1 saturated heterocycles. The molecule has 1 heterocycles. The zero-order valence-electron chi connectivity index (χ0n) is 18.6. The van der Waals surface area contributed by atoms with E-state index in [1.54, 1.807) is 19.1 Å². The first-order valence-electron chi connectivity index (χ1n) is 10.4. The molecule has 8 heteroatoms. The van der Waals surface area contributed by atoms with Crippen molar-refractivity contribution in [2.24, 2.45) is 0 Å². The SMILES string of the molecule is COc1ccc(CN2C(=O)/C(=C/c3ccc(OCc4ccccc4Cl)c(OC)c3)SC2=S)cc1.